The molecule has 9 nitrogen and oxygen atoms in total. The summed E-state index contributed by atoms with van der Waals surface area (Å²) in [6.07, 6.45) is 3.62. The Bertz CT molecular complexity index is 496. The molecule has 0 aromatic carbocycles. The van der Waals surface area contributed by atoms with Crippen molar-refractivity contribution in [3.8, 4) is 0 Å². The average Bonchev–Trinajstić information content (AvgIpc) is 3.08. The van der Waals surface area contributed by atoms with Gasteiger partial charge in [-0.1, -0.05) is 0 Å². The molecule has 0 aromatic rings. The summed E-state index contributed by atoms with van der Waals surface area (Å²) in [5.74, 6) is -2.09. The van der Waals surface area contributed by atoms with E-state index in [2.05, 4.69) is 16.0 Å². The summed E-state index contributed by atoms with van der Waals surface area (Å²) in [5, 5.41) is 17.3. The van der Waals surface area contributed by atoms with E-state index in [0.717, 1.165) is 13.0 Å². The van der Waals surface area contributed by atoms with Crippen molar-refractivity contribution in [3.63, 3.8) is 0 Å². The predicted octanol–water partition coefficient (Wildman–Crippen LogP) is -1.19. The molecule has 1 saturated heterocycles. The van der Waals surface area contributed by atoms with E-state index in [1.54, 1.807) is 0 Å². The van der Waals surface area contributed by atoms with Crippen molar-refractivity contribution < 1.29 is 24.3 Å². The summed E-state index contributed by atoms with van der Waals surface area (Å²) in [6, 6.07) is -2.37. The third-order valence-electron chi connectivity index (χ3n) is 3.91. The highest BCUT2D eigenvalue weighted by molar-refractivity contribution is 7.98. The van der Waals surface area contributed by atoms with E-state index in [9.17, 15) is 24.3 Å². The van der Waals surface area contributed by atoms with Gasteiger partial charge in [-0.3, -0.25) is 14.4 Å². The Morgan fingerprint density at radius 1 is 1.24 bits per heavy atom. The molecule has 10 heteroatoms. The van der Waals surface area contributed by atoms with Gasteiger partial charge in [-0.2, -0.15) is 11.8 Å². The summed E-state index contributed by atoms with van der Waals surface area (Å²) in [5.41, 5.74) is 5.02. The predicted molar refractivity (Wildman–Crippen MR) is 93.9 cm³/mol. The number of carboxylic acid groups (broad SMARTS) is 1. The molecule has 25 heavy (non-hydrogen) atoms. The number of primary amides is 1. The second-order valence-electron chi connectivity index (χ2n) is 5.90. The first-order chi connectivity index (χ1) is 11.8. The van der Waals surface area contributed by atoms with Gasteiger partial charge in [0, 0.05) is 6.42 Å². The standard InChI is InChI=1S/C15H26N4O5S/c1-25-8-6-10(18-13(21)9-3-2-7-17-9)14(22)19-11(15(23)24)4-5-12(16)20/h9-11,17H,2-8H2,1H3,(H2,16,20)(H,18,21)(H,19,22)(H,23,24). The number of rotatable bonds is 11. The summed E-state index contributed by atoms with van der Waals surface area (Å²) in [4.78, 5) is 46.7. The van der Waals surface area contributed by atoms with Crippen LogP contribution in [-0.4, -0.2) is 65.5 Å². The Morgan fingerprint density at radius 2 is 1.96 bits per heavy atom. The molecule has 3 atom stereocenters. The molecule has 0 saturated carbocycles. The quantitative estimate of drug-likeness (QED) is 0.305. The first kappa shape index (κ1) is 21.2. The molecule has 1 fully saturated rings. The number of hydrogen-bond acceptors (Lipinski definition) is 6. The van der Waals surface area contributed by atoms with E-state index in [4.69, 9.17) is 5.73 Å². The van der Waals surface area contributed by atoms with Crippen molar-refractivity contribution >= 4 is 35.5 Å². The van der Waals surface area contributed by atoms with Crippen molar-refractivity contribution in [2.75, 3.05) is 18.6 Å². The number of aliphatic carboxylic acids is 1. The Balaban J connectivity index is 2.67. The molecular formula is C15H26N4O5S. The van der Waals surface area contributed by atoms with Gasteiger partial charge in [0.15, 0.2) is 0 Å². The van der Waals surface area contributed by atoms with Crippen LogP contribution >= 0.6 is 11.8 Å². The van der Waals surface area contributed by atoms with Crippen LogP contribution in [0.4, 0.5) is 0 Å². The molecule has 3 unspecified atom stereocenters. The number of nitrogens with two attached hydrogens (primary N) is 1. The van der Waals surface area contributed by atoms with Gasteiger partial charge in [-0.05, 0) is 44.2 Å². The molecule has 0 bridgehead atoms. The van der Waals surface area contributed by atoms with Crippen molar-refractivity contribution in [2.45, 2.75) is 50.2 Å². The number of nitrogens with one attached hydrogen (secondary N) is 3. The Labute approximate surface area is 150 Å². The van der Waals surface area contributed by atoms with Crippen LogP contribution < -0.4 is 21.7 Å². The van der Waals surface area contributed by atoms with Crippen LogP contribution in [0.1, 0.15) is 32.1 Å². The topological polar surface area (TPSA) is 151 Å². The lowest BCUT2D eigenvalue weighted by molar-refractivity contribution is -0.142. The first-order valence-electron chi connectivity index (χ1n) is 8.19. The van der Waals surface area contributed by atoms with Crippen molar-refractivity contribution in [1.82, 2.24) is 16.0 Å². The second-order valence-corrected chi connectivity index (χ2v) is 6.88. The van der Waals surface area contributed by atoms with Crippen LogP contribution in [0.2, 0.25) is 0 Å². The molecule has 3 amide bonds. The largest absolute Gasteiger partial charge is 0.480 e. The number of amides is 3. The monoisotopic (exact) mass is 374 g/mol. The van der Waals surface area contributed by atoms with E-state index in [0.29, 0.717) is 18.6 Å². The molecular weight excluding hydrogens is 348 g/mol. The van der Waals surface area contributed by atoms with Gasteiger partial charge in [0.05, 0.1) is 6.04 Å². The highest BCUT2D eigenvalue weighted by Crippen LogP contribution is 2.08. The van der Waals surface area contributed by atoms with E-state index < -0.39 is 29.9 Å². The van der Waals surface area contributed by atoms with Gasteiger partial charge in [-0.15, -0.1) is 0 Å². The molecule has 142 valence electrons. The number of carbonyl (C=O) groups is 4. The van der Waals surface area contributed by atoms with Crippen LogP contribution in [0.5, 0.6) is 0 Å². The summed E-state index contributed by atoms with van der Waals surface area (Å²) in [6.45, 7) is 0.758. The van der Waals surface area contributed by atoms with Crippen LogP contribution in [-0.2, 0) is 19.2 Å². The fourth-order valence-corrected chi connectivity index (χ4v) is 2.97. The van der Waals surface area contributed by atoms with Crippen LogP contribution in [0.3, 0.4) is 0 Å². The minimum atomic E-state index is -1.25. The molecule has 0 spiro atoms. The molecule has 0 aliphatic carbocycles. The lowest BCUT2D eigenvalue weighted by atomic mass is 10.1. The summed E-state index contributed by atoms with van der Waals surface area (Å²) >= 11 is 1.52. The van der Waals surface area contributed by atoms with E-state index in [1.807, 2.05) is 6.26 Å². The fraction of sp³-hybridized carbons (Fsp3) is 0.733. The zero-order valence-corrected chi connectivity index (χ0v) is 15.1. The van der Waals surface area contributed by atoms with E-state index >= 15 is 0 Å². The molecule has 0 aromatic heterocycles. The summed E-state index contributed by atoms with van der Waals surface area (Å²) < 4.78 is 0. The van der Waals surface area contributed by atoms with Gasteiger partial charge in [0.2, 0.25) is 17.7 Å². The van der Waals surface area contributed by atoms with Crippen molar-refractivity contribution in [3.05, 3.63) is 0 Å². The summed E-state index contributed by atoms with van der Waals surface area (Å²) in [7, 11) is 0. The minimum absolute atomic E-state index is 0.0935. The van der Waals surface area contributed by atoms with Gasteiger partial charge >= 0.3 is 5.97 Å². The first-order valence-corrected chi connectivity index (χ1v) is 9.58. The highest BCUT2D eigenvalue weighted by Gasteiger charge is 2.29. The second kappa shape index (κ2) is 10.9. The number of thioether (sulfide) groups is 1. The van der Waals surface area contributed by atoms with Gasteiger partial charge < -0.3 is 26.8 Å². The zero-order chi connectivity index (χ0) is 18.8. The van der Waals surface area contributed by atoms with Crippen LogP contribution in [0, 0.1) is 0 Å². The molecule has 1 aliphatic heterocycles. The molecule has 1 heterocycles. The minimum Gasteiger partial charge on any atom is -0.480 e. The molecule has 0 radical (unpaired) electrons. The number of carbonyl (C=O) groups excluding carboxylic acids is 3. The van der Waals surface area contributed by atoms with E-state index in [1.165, 1.54) is 11.8 Å². The van der Waals surface area contributed by atoms with Gasteiger partial charge in [0.25, 0.3) is 0 Å². The third kappa shape index (κ3) is 7.74. The smallest absolute Gasteiger partial charge is 0.326 e. The SMILES string of the molecule is CSCCC(NC(=O)C1CCCN1)C(=O)NC(CCC(N)=O)C(=O)O. The van der Waals surface area contributed by atoms with Crippen molar-refractivity contribution in [2.24, 2.45) is 5.73 Å². The third-order valence-corrected chi connectivity index (χ3v) is 4.56. The molecule has 6 N–H and O–H groups in total. The van der Waals surface area contributed by atoms with Gasteiger partial charge in [-0.25, -0.2) is 4.79 Å². The molecule has 1 aliphatic rings. The Morgan fingerprint density at radius 3 is 2.48 bits per heavy atom. The lowest BCUT2D eigenvalue weighted by Crippen LogP contribution is -2.54. The normalized spacial score (nSPS) is 19.0. The lowest BCUT2D eigenvalue weighted by Gasteiger charge is -2.22. The maximum Gasteiger partial charge on any atom is 0.326 e. The average molecular weight is 374 g/mol. The van der Waals surface area contributed by atoms with E-state index in [-0.39, 0.29) is 24.8 Å². The highest BCUT2D eigenvalue weighted by atomic mass is 32.2. The Hall–Kier alpha value is -1.81. The van der Waals surface area contributed by atoms with Crippen molar-refractivity contribution in [1.29, 1.82) is 0 Å². The Kier molecular flexibility index (Phi) is 9.28. The number of carboxylic acids is 1. The zero-order valence-electron chi connectivity index (χ0n) is 14.2. The fourth-order valence-electron chi connectivity index (χ4n) is 2.50. The number of hydrogen-bond donors (Lipinski definition) is 5. The molecule has 1 rings (SSSR count). The van der Waals surface area contributed by atoms with Gasteiger partial charge in [0.1, 0.15) is 12.1 Å². The maximum atomic E-state index is 12.4. The van der Waals surface area contributed by atoms with Crippen LogP contribution in [0.15, 0.2) is 0 Å². The van der Waals surface area contributed by atoms with Crippen LogP contribution in [0.25, 0.3) is 0 Å². The maximum absolute atomic E-state index is 12.4.